The van der Waals surface area contributed by atoms with Gasteiger partial charge in [-0.1, -0.05) is 12.1 Å². The SMILES string of the molecule is CC(=O)c1ccc(N2CCN(C(=O)COc3ccc(CCC(=O)O)cc3)CC2)cc1. The molecule has 3 rings (SSSR count). The lowest BCUT2D eigenvalue weighted by Crippen LogP contribution is -2.50. The number of amides is 1. The number of carboxylic acid groups (broad SMARTS) is 1. The van der Waals surface area contributed by atoms with Gasteiger partial charge in [-0.3, -0.25) is 14.4 Å². The van der Waals surface area contributed by atoms with E-state index in [1.165, 1.54) is 0 Å². The van der Waals surface area contributed by atoms with E-state index >= 15 is 0 Å². The Balaban J connectivity index is 1.44. The predicted octanol–water partition coefficient (Wildman–Crippen LogP) is 2.63. The van der Waals surface area contributed by atoms with Crippen LogP contribution in [0.3, 0.4) is 0 Å². The van der Waals surface area contributed by atoms with Crippen LogP contribution in [0.15, 0.2) is 48.5 Å². The first-order valence-corrected chi connectivity index (χ1v) is 9.99. The van der Waals surface area contributed by atoms with Gasteiger partial charge < -0.3 is 19.6 Å². The van der Waals surface area contributed by atoms with Gasteiger partial charge in [-0.05, 0) is 55.3 Å². The van der Waals surface area contributed by atoms with E-state index in [2.05, 4.69) is 4.90 Å². The topological polar surface area (TPSA) is 87.2 Å². The summed E-state index contributed by atoms with van der Waals surface area (Å²) in [6.07, 6.45) is 0.557. The summed E-state index contributed by atoms with van der Waals surface area (Å²) in [5.41, 5.74) is 2.66. The van der Waals surface area contributed by atoms with Crippen molar-refractivity contribution in [2.75, 3.05) is 37.7 Å². The van der Waals surface area contributed by atoms with Crippen LogP contribution >= 0.6 is 0 Å². The largest absolute Gasteiger partial charge is 0.484 e. The fourth-order valence-corrected chi connectivity index (χ4v) is 3.36. The highest BCUT2D eigenvalue weighted by molar-refractivity contribution is 5.94. The van der Waals surface area contributed by atoms with Gasteiger partial charge in [-0.25, -0.2) is 0 Å². The zero-order valence-electron chi connectivity index (χ0n) is 17.0. The number of aryl methyl sites for hydroxylation is 1. The van der Waals surface area contributed by atoms with E-state index in [4.69, 9.17) is 9.84 Å². The van der Waals surface area contributed by atoms with Gasteiger partial charge in [0.15, 0.2) is 12.4 Å². The van der Waals surface area contributed by atoms with Crippen molar-refractivity contribution in [3.63, 3.8) is 0 Å². The van der Waals surface area contributed by atoms with Gasteiger partial charge in [0.2, 0.25) is 0 Å². The summed E-state index contributed by atoms with van der Waals surface area (Å²) < 4.78 is 5.60. The highest BCUT2D eigenvalue weighted by Crippen LogP contribution is 2.18. The van der Waals surface area contributed by atoms with E-state index in [9.17, 15) is 14.4 Å². The molecule has 0 aromatic heterocycles. The van der Waals surface area contributed by atoms with Crippen molar-refractivity contribution in [2.45, 2.75) is 19.8 Å². The molecule has 0 radical (unpaired) electrons. The van der Waals surface area contributed by atoms with Crippen LogP contribution in [0.25, 0.3) is 0 Å². The summed E-state index contributed by atoms with van der Waals surface area (Å²) in [6.45, 7) is 4.21. The maximum atomic E-state index is 12.5. The fraction of sp³-hybridized carbons (Fsp3) is 0.348. The van der Waals surface area contributed by atoms with Crippen LogP contribution in [0, 0.1) is 0 Å². The number of ketones is 1. The average molecular weight is 410 g/mol. The molecule has 2 aromatic carbocycles. The van der Waals surface area contributed by atoms with Gasteiger partial charge in [0, 0.05) is 43.9 Å². The number of nitrogens with zero attached hydrogens (tertiary/aromatic N) is 2. The second kappa shape index (κ2) is 9.91. The summed E-state index contributed by atoms with van der Waals surface area (Å²) in [5.74, 6) is -0.246. The van der Waals surface area contributed by atoms with Crippen molar-refractivity contribution in [1.82, 2.24) is 4.90 Å². The minimum atomic E-state index is -0.825. The van der Waals surface area contributed by atoms with E-state index in [0.717, 1.165) is 24.3 Å². The first kappa shape index (κ1) is 21.4. The molecular weight excluding hydrogens is 384 g/mol. The highest BCUT2D eigenvalue weighted by atomic mass is 16.5. The van der Waals surface area contributed by atoms with Gasteiger partial charge in [-0.2, -0.15) is 0 Å². The van der Waals surface area contributed by atoms with Crippen molar-refractivity contribution in [3.05, 3.63) is 59.7 Å². The molecule has 158 valence electrons. The lowest BCUT2D eigenvalue weighted by molar-refractivity contribution is -0.137. The van der Waals surface area contributed by atoms with E-state index in [1.54, 1.807) is 24.0 Å². The van der Waals surface area contributed by atoms with E-state index < -0.39 is 5.97 Å². The third-order valence-corrected chi connectivity index (χ3v) is 5.18. The van der Waals surface area contributed by atoms with Crippen molar-refractivity contribution in [2.24, 2.45) is 0 Å². The molecule has 7 nitrogen and oxygen atoms in total. The molecule has 0 bridgehead atoms. The molecule has 1 saturated heterocycles. The summed E-state index contributed by atoms with van der Waals surface area (Å²) in [4.78, 5) is 38.5. The van der Waals surface area contributed by atoms with Gasteiger partial charge in [0.05, 0.1) is 0 Å². The Morgan fingerprint density at radius 2 is 1.57 bits per heavy atom. The third-order valence-electron chi connectivity index (χ3n) is 5.18. The standard InChI is InChI=1S/C23H26N2O5/c1-17(26)19-5-7-20(8-6-19)24-12-14-25(15-13-24)22(27)16-30-21-9-2-18(3-10-21)4-11-23(28)29/h2-3,5-10H,4,11-16H2,1H3,(H,28,29). The zero-order valence-corrected chi connectivity index (χ0v) is 17.0. The molecule has 1 aliphatic rings. The number of hydrogen-bond acceptors (Lipinski definition) is 5. The second-order valence-electron chi connectivity index (χ2n) is 7.30. The quantitative estimate of drug-likeness (QED) is 0.674. The first-order valence-electron chi connectivity index (χ1n) is 9.99. The van der Waals surface area contributed by atoms with Crippen LogP contribution in [0.5, 0.6) is 5.75 Å². The fourth-order valence-electron chi connectivity index (χ4n) is 3.36. The lowest BCUT2D eigenvalue weighted by atomic mass is 10.1. The normalized spacial score (nSPS) is 13.8. The first-order chi connectivity index (χ1) is 14.4. The van der Waals surface area contributed by atoms with Crippen LogP contribution < -0.4 is 9.64 Å². The molecular formula is C23H26N2O5. The summed E-state index contributed by atoms with van der Waals surface area (Å²) in [7, 11) is 0. The van der Waals surface area contributed by atoms with Crippen molar-refractivity contribution < 1.29 is 24.2 Å². The molecule has 2 aromatic rings. The number of carbonyl (C=O) groups excluding carboxylic acids is 2. The Labute approximate surface area is 175 Å². The summed E-state index contributed by atoms with van der Waals surface area (Å²) in [5, 5.41) is 8.73. The minimum Gasteiger partial charge on any atom is -0.484 e. The molecule has 0 atom stereocenters. The Bertz CT molecular complexity index is 885. The van der Waals surface area contributed by atoms with Crippen LogP contribution in [0.2, 0.25) is 0 Å². The Morgan fingerprint density at radius 3 is 2.13 bits per heavy atom. The monoisotopic (exact) mass is 410 g/mol. The number of hydrogen-bond donors (Lipinski definition) is 1. The number of aliphatic carboxylic acids is 1. The number of Topliss-reactive ketones (excluding diaryl/α,β-unsaturated/α-hetero) is 1. The molecule has 1 amide bonds. The van der Waals surface area contributed by atoms with Crippen LogP contribution in [-0.4, -0.2) is 60.5 Å². The Hall–Kier alpha value is -3.35. The second-order valence-corrected chi connectivity index (χ2v) is 7.30. The highest BCUT2D eigenvalue weighted by Gasteiger charge is 2.21. The molecule has 7 heteroatoms. The van der Waals surface area contributed by atoms with E-state index in [-0.39, 0.29) is 24.7 Å². The van der Waals surface area contributed by atoms with Crippen LogP contribution in [-0.2, 0) is 16.0 Å². The van der Waals surface area contributed by atoms with Crippen LogP contribution in [0.1, 0.15) is 29.3 Å². The lowest BCUT2D eigenvalue weighted by Gasteiger charge is -2.36. The number of carboxylic acids is 1. The molecule has 30 heavy (non-hydrogen) atoms. The maximum absolute atomic E-state index is 12.5. The number of ether oxygens (including phenoxy) is 1. The number of piperazine rings is 1. The number of benzene rings is 2. The van der Waals surface area contributed by atoms with Gasteiger partial charge >= 0.3 is 5.97 Å². The molecule has 1 fully saturated rings. The van der Waals surface area contributed by atoms with Gasteiger partial charge in [0.25, 0.3) is 5.91 Å². The van der Waals surface area contributed by atoms with Crippen molar-refractivity contribution in [3.8, 4) is 5.75 Å². The zero-order chi connectivity index (χ0) is 21.5. The maximum Gasteiger partial charge on any atom is 0.303 e. The van der Waals surface area contributed by atoms with Crippen LogP contribution in [0.4, 0.5) is 5.69 Å². The summed E-state index contributed by atoms with van der Waals surface area (Å²) in [6, 6.07) is 14.7. The third kappa shape index (κ3) is 5.83. The molecule has 1 N–H and O–H groups in total. The average Bonchev–Trinajstić information content (AvgIpc) is 2.77. The van der Waals surface area contributed by atoms with Crippen molar-refractivity contribution in [1.29, 1.82) is 0 Å². The molecule has 0 aliphatic carbocycles. The van der Waals surface area contributed by atoms with Crippen molar-refractivity contribution >= 4 is 23.3 Å². The Morgan fingerprint density at radius 1 is 0.933 bits per heavy atom. The smallest absolute Gasteiger partial charge is 0.303 e. The molecule has 0 spiro atoms. The van der Waals surface area contributed by atoms with E-state index in [0.29, 0.717) is 30.8 Å². The predicted molar refractivity (Wildman–Crippen MR) is 113 cm³/mol. The number of carbonyl (C=O) groups is 3. The molecule has 0 unspecified atom stereocenters. The number of anilines is 1. The minimum absolute atomic E-state index is 0.0260. The molecule has 1 aliphatic heterocycles. The van der Waals surface area contributed by atoms with Gasteiger partial charge in [0.1, 0.15) is 5.75 Å². The molecule has 0 saturated carbocycles. The molecule has 1 heterocycles. The van der Waals surface area contributed by atoms with E-state index in [1.807, 2.05) is 36.4 Å². The summed E-state index contributed by atoms with van der Waals surface area (Å²) >= 11 is 0. The number of rotatable bonds is 8. The Kier molecular flexibility index (Phi) is 7.06. The van der Waals surface area contributed by atoms with Gasteiger partial charge in [-0.15, -0.1) is 0 Å².